The van der Waals surface area contributed by atoms with Crippen molar-refractivity contribution in [2.75, 3.05) is 10.2 Å². The second-order valence-electron chi connectivity index (χ2n) is 5.93. The Labute approximate surface area is 153 Å². The van der Waals surface area contributed by atoms with Crippen molar-refractivity contribution >= 4 is 45.8 Å². The van der Waals surface area contributed by atoms with E-state index in [1.807, 2.05) is 0 Å². The van der Waals surface area contributed by atoms with Crippen molar-refractivity contribution in [3.8, 4) is 0 Å². The van der Waals surface area contributed by atoms with Crippen LogP contribution in [0.1, 0.15) is 6.42 Å². The summed E-state index contributed by atoms with van der Waals surface area (Å²) >= 11 is 6.12. The van der Waals surface area contributed by atoms with E-state index in [9.17, 15) is 14.4 Å². The first-order valence-corrected chi connectivity index (χ1v) is 8.32. The number of hydrogen-bond acceptors (Lipinski definition) is 5. The summed E-state index contributed by atoms with van der Waals surface area (Å²) in [5.41, 5.74) is 1.06. The normalized spacial score (nSPS) is 17.1. The predicted octanol–water partition coefficient (Wildman–Crippen LogP) is 3.19. The maximum absolute atomic E-state index is 12.7. The first-order valence-electron chi connectivity index (χ1n) is 7.95. The number of carbonyl (C=O) groups is 2. The van der Waals surface area contributed by atoms with Gasteiger partial charge in [-0.3, -0.25) is 9.59 Å². The van der Waals surface area contributed by atoms with Crippen LogP contribution >= 0.6 is 11.6 Å². The third-order valence-electron chi connectivity index (χ3n) is 4.20. The fraction of sp³-hybridized carbons (Fsp3) is 0.105. The number of rotatable bonds is 3. The smallest absolute Gasteiger partial charge is 0.336 e. The maximum atomic E-state index is 12.7. The molecule has 1 fully saturated rings. The van der Waals surface area contributed by atoms with Gasteiger partial charge >= 0.3 is 5.63 Å². The zero-order chi connectivity index (χ0) is 18.3. The van der Waals surface area contributed by atoms with Crippen LogP contribution in [-0.2, 0) is 9.59 Å². The molecule has 7 heteroatoms. The Balaban J connectivity index is 1.60. The Bertz CT molecular complexity index is 1090. The Kier molecular flexibility index (Phi) is 3.97. The van der Waals surface area contributed by atoms with E-state index >= 15 is 0 Å². The van der Waals surface area contributed by atoms with Crippen LogP contribution in [0.4, 0.5) is 11.4 Å². The summed E-state index contributed by atoms with van der Waals surface area (Å²) < 4.78 is 5.09. The van der Waals surface area contributed by atoms with Gasteiger partial charge in [0.1, 0.15) is 11.6 Å². The second kappa shape index (κ2) is 6.31. The maximum Gasteiger partial charge on any atom is 0.336 e. The van der Waals surface area contributed by atoms with Crippen LogP contribution < -0.4 is 15.8 Å². The van der Waals surface area contributed by atoms with Gasteiger partial charge in [0, 0.05) is 17.1 Å². The zero-order valence-corrected chi connectivity index (χ0v) is 14.2. The lowest BCUT2D eigenvalue weighted by molar-refractivity contribution is -0.121. The number of nitrogens with zero attached hydrogens (tertiary/aromatic N) is 1. The van der Waals surface area contributed by atoms with Crippen LogP contribution in [-0.4, -0.2) is 17.9 Å². The molecule has 1 aliphatic rings. The minimum atomic E-state index is -0.688. The molecule has 2 aromatic carbocycles. The lowest BCUT2D eigenvalue weighted by atomic mass is 10.2. The minimum absolute atomic E-state index is 0.0337. The van der Waals surface area contributed by atoms with Crippen molar-refractivity contribution in [1.29, 1.82) is 0 Å². The Morgan fingerprint density at radius 3 is 2.65 bits per heavy atom. The molecule has 2 heterocycles. The molecule has 0 aliphatic carbocycles. The number of nitrogens with one attached hydrogen (secondary N) is 1. The molecule has 26 heavy (non-hydrogen) atoms. The molecular weight excluding hydrogens is 356 g/mol. The fourth-order valence-corrected chi connectivity index (χ4v) is 3.21. The highest BCUT2D eigenvalue weighted by Gasteiger charge is 2.40. The SMILES string of the molecule is O=C1CC(Nc2ccc3oc(=O)ccc3c2)C(=O)N1c1ccccc1Cl. The monoisotopic (exact) mass is 368 g/mol. The quantitative estimate of drug-likeness (QED) is 0.567. The van der Waals surface area contributed by atoms with Crippen LogP contribution in [0.5, 0.6) is 0 Å². The molecule has 1 aliphatic heterocycles. The van der Waals surface area contributed by atoms with Gasteiger partial charge in [0.15, 0.2) is 0 Å². The Morgan fingerprint density at radius 1 is 1.04 bits per heavy atom. The number of imide groups is 1. The summed E-state index contributed by atoms with van der Waals surface area (Å²) in [4.78, 5) is 37.4. The van der Waals surface area contributed by atoms with E-state index < -0.39 is 11.7 Å². The van der Waals surface area contributed by atoms with Crippen molar-refractivity contribution in [1.82, 2.24) is 0 Å². The van der Waals surface area contributed by atoms with Gasteiger partial charge in [-0.15, -0.1) is 0 Å². The molecule has 1 atom stereocenters. The standard InChI is InChI=1S/C19H13ClN2O4/c20-13-3-1-2-4-15(13)22-17(23)10-14(19(22)25)21-12-6-7-16-11(9-12)5-8-18(24)26-16/h1-9,14,21H,10H2. The molecule has 130 valence electrons. The highest BCUT2D eigenvalue weighted by molar-refractivity contribution is 6.36. The van der Waals surface area contributed by atoms with Crippen LogP contribution in [0.2, 0.25) is 5.02 Å². The lowest BCUT2D eigenvalue weighted by Gasteiger charge is -2.17. The molecule has 2 amide bonds. The number of fused-ring (bicyclic) bond motifs is 1. The van der Waals surface area contributed by atoms with Gasteiger partial charge in [-0.05, 0) is 36.4 Å². The van der Waals surface area contributed by atoms with E-state index in [1.165, 1.54) is 6.07 Å². The van der Waals surface area contributed by atoms with E-state index in [0.29, 0.717) is 27.4 Å². The van der Waals surface area contributed by atoms with Crippen LogP contribution in [0, 0.1) is 0 Å². The second-order valence-corrected chi connectivity index (χ2v) is 6.33. The number of halogens is 1. The molecule has 1 aromatic heterocycles. The third kappa shape index (κ3) is 2.84. The molecule has 0 bridgehead atoms. The summed E-state index contributed by atoms with van der Waals surface area (Å²) in [5.74, 6) is -0.671. The van der Waals surface area contributed by atoms with Gasteiger partial charge in [0.05, 0.1) is 17.1 Å². The summed E-state index contributed by atoms with van der Waals surface area (Å²) in [6.45, 7) is 0. The number of hydrogen-bond donors (Lipinski definition) is 1. The molecule has 3 aromatic rings. The average molecular weight is 369 g/mol. The Morgan fingerprint density at radius 2 is 1.85 bits per heavy atom. The van der Waals surface area contributed by atoms with Crippen molar-refractivity contribution < 1.29 is 14.0 Å². The first-order chi connectivity index (χ1) is 12.5. The predicted molar refractivity (Wildman–Crippen MR) is 98.5 cm³/mol. The number of carbonyl (C=O) groups excluding carboxylic acids is 2. The van der Waals surface area contributed by atoms with Crippen LogP contribution in [0.25, 0.3) is 11.0 Å². The molecule has 6 nitrogen and oxygen atoms in total. The fourth-order valence-electron chi connectivity index (χ4n) is 2.99. The van der Waals surface area contributed by atoms with Crippen molar-refractivity contribution in [3.05, 3.63) is 70.0 Å². The number of para-hydroxylation sites is 1. The van der Waals surface area contributed by atoms with Gasteiger partial charge in [-0.1, -0.05) is 23.7 Å². The van der Waals surface area contributed by atoms with E-state index in [-0.39, 0.29) is 18.2 Å². The summed E-state index contributed by atoms with van der Waals surface area (Å²) in [5, 5.41) is 4.13. The summed E-state index contributed by atoms with van der Waals surface area (Å²) in [6, 6.07) is 14.1. The first kappa shape index (κ1) is 16.4. The van der Waals surface area contributed by atoms with Crippen molar-refractivity contribution in [2.45, 2.75) is 12.5 Å². The summed E-state index contributed by atoms with van der Waals surface area (Å²) in [7, 11) is 0. The molecule has 0 radical (unpaired) electrons. The topological polar surface area (TPSA) is 79.6 Å². The molecule has 0 spiro atoms. The highest BCUT2D eigenvalue weighted by Crippen LogP contribution is 2.31. The van der Waals surface area contributed by atoms with Crippen molar-refractivity contribution in [3.63, 3.8) is 0 Å². The van der Waals surface area contributed by atoms with Crippen LogP contribution in [0.3, 0.4) is 0 Å². The number of benzene rings is 2. The highest BCUT2D eigenvalue weighted by atomic mass is 35.5. The molecule has 1 unspecified atom stereocenters. The minimum Gasteiger partial charge on any atom is -0.423 e. The largest absolute Gasteiger partial charge is 0.423 e. The summed E-state index contributed by atoms with van der Waals surface area (Å²) in [6.07, 6.45) is 0.0337. The van der Waals surface area contributed by atoms with Gasteiger partial charge in [-0.25, -0.2) is 9.69 Å². The van der Waals surface area contributed by atoms with E-state index in [2.05, 4.69) is 5.32 Å². The Hall–Kier alpha value is -3.12. The van der Waals surface area contributed by atoms with Crippen LogP contribution in [0.15, 0.2) is 63.8 Å². The van der Waals surface area contributed by atoms with Gasteiger partial charge in [0.2, 0.25) is 5.91 Å². The molecule has 4 rings (SSSR count). The lowest BCUT2D eigenvalue weighted by Crippen LogP contribution is -2.35. The van der Waals surface area contributed by atoms with E-state index in [4.69, 9.17) is 16.0 Å². The van der Waals surface area contributed by atoms with Gasteiger partial charge in [-0.2, -0.15) is 0 Å². The number of amides is 2. The molecule has 1 N–H and O–H groups in total. The van der Waals surface area contributed by atoms with Gasteiger partial charge < -0.3 is 9.73 Å². The van der Waals surface area contributed by atoms with E-state index in [0.717, 1.165) is 4.90 Å². The van der Waals surface area contributed by atoms with E-state index in [1.54, 1.807) is 48.5 Å². The number of anilines is 2. The van der Waals surface area contributed by atoms with Crippen molar-refractivity contribution in [2.24, 2.45) is 0 Å². The zero-order valence-electron chi connectivity index (χ0n) is 13.4. The molecule has 0 saturated carbocycles. The molecule has 1 saturated heterocycles. The average Bonchev–Trinajstić information content (AvgIpc) is 2.89. The molecular formula is C19H13ClN2O4. The third-order valence-corrected chi connectivity index (χ3v) is 4.52. The van der Waals surface area contributed by atoms with Gasteiger partial charge in [0.25, 0.3) is 5.91 Å².